The molecular formula is C15H20ClN3O3. The number of ether oxygens (including phenoxy) is 1. The van der Waals surface area contributed by atoms with Crippen LogP contribution in [0.2, 0.25) is 0 Å². The Bertz CT molecular complexity index is 619. The molecule has 2 amide bonds. The quantitative estimate of drug-likeness (QED) is 0.855. The fourth-order valence-electron chi connectivity index (χ4n) is 3.07. The Morgan fingerprint density at radius 3 is 2.91 bits per heavy atom. The van der Waals surface area contributed by atoms with Crippen LogP contribution < -0.4 is 20.7 Å². The van der Waals surface area contributed by atoms with Crippen LogP contribution in [0.1, 0.15) is 23.1 Å². The second-order valence-corrected chi connectivity index (χ2v) is 5.39. The van der Waals surface area contributed by atoms with Crippen molar-refractivity contribution in [3.63, 3.8) is 0 Å². The minimum Gasteiger partial charge on any atom is -0.493 e. The second-order valence-electron chi connectivity index (χ2n) is 5.39. The first-order chi connectivity index (χ1) is 10.1. The molecule has 2 aliphatic rings. The van der Waals surface area contributed by atoms with E-state index in [9.17, 15) is 9.59 Å². The van der Waals surface area contributed by atoms with E-state index in [1.807, 2.05) is 6.92 Å². The van der Waals surface area contributed by atoms with Crippen LogP contribution in [-0.4, -0.2) is 31.6 Å². The van der Waals surface area contributed by atoms with Crippen LogP contribution in [-0.2, 0) is 22.4 Å². The molecule has 0 saturated heterocycles. The van der Waals surface area contributed by atoms with Gasteiger partial charge >= 0.3 is 0 Å². The van der Waals surface area contributed by atoms with Gasteiger partial charge in [0.05, 0.1) is 25.5 Å². The van der Waals surface area contributed by atoms with E-state index < -0.39 is 0 Å². The van der Waals surface area contributed by atoms with E-state index in [4.69, 9.17) is 10.5 Å². The highest BCUT2D eigenvalue weighted by molar-refractivity contribution is 5.98. The van der Waals surface area contributed by atoms with Crippen LogP contribution in [0, 0.1) is 6.92 Å². The van der Waals surface area contributed by atoms with Crippen LogP contribution in [0.5, 0.6) is 5.75 Å². The van der Waals surface area contributed by atoms with Crippen LogP contribution >= 0.6 is 12.4 Å². The number of nitrogens with one attached hydrogen (secondary N) is 1. The fraction of sp³-hybridized carbons (Fsp3) is 0.467. The molecule has 0 saturated carbocycles. The van der Waals surface area contributed by atoms with E-state index in [2.05, 4.69) is 11.4 Å². The van der Waals surface area contributed by atoms with Crippen molar-refractivity contribution >= 4 is 29.9 Å². The van der Waals surface area contributed by atoms with Gasteiger partial charge in [0.1, 0.15) is 5.75 Å². The Morgan fingerprint density at radius 2 is 2.18 bits per heavy atom. The monoisotopic (exact) mass is 325 g/mol. The zero-order chi connectivity index (χ0) is 15.0. The smallest absolute Gasteiger partial charge is 0.235 e. The molecule has 0 spiro atoms. The molecule has 1 aromatic rings. The Hall–Kier alpha value is -1.79. The molecule has 3 N–H and O–H groups in total. The summed E-state index contributed by atoms with van der Waals surface area (Å²) in [5, 5.41) is 2.67. The molecule has 0 radical (unpaired) electrons. The molecule has 120 valence electrons. The van der Waals surface area contributed by atoms with Crippen molar-refractivity contribution < 1.29 is 14.3 Å². The van der Waals surface area contributed by atoms with Crippen LogP contribution in [0.25, 0.3) is 0 Å². The van der Waals surface area contributed by atoms with Gasteiger partial charge in [0, 0.05) is 18.4 Å². The standard InChI is InChI=1S/C15H19N3O3.ClH/c1-9-6-10-4-5-21-15(10)11-2-3-13(20)18(14(9)11)8-17-12(19)7-16;/h6H,2-5,7-8,16H2,1H3,(H,17,19);1H. The molecule has 0 aliphatic carbocycles. The molecule has 6 nitrogen and oxygen atoms in total. The van der Waals surface area contributed by atoms with Crippen molar-refractivity contribution in [3.8, 4) is 5.75 Å². The molecule has 0 aromatic heterocycles. The molecule has 2 heterocycles. The topological polar surface area (TPSA) is 84.7 Å². The predicted molar refractivity (Wildman–Crippen MR) is 85.5 cm³/mol. The van der Waals surface area contributed by atoms with Crippen LogP contribution in [0.3, 0.4) is 0 Å². The highest BCUT2D eigenvalue weighted by Gasteiger charge is 2.31. The Kier molecular flexibility index (Phi) is 4.93. The highest BCUT2D eigenvalue weighted by Crippen LogP contribution is 2.42. The Balaban J connectivity index is 0.00000176. The van der Waals surface area contributed by atoms with E-state index >= 15 is 0 Å². The average Bonchev–Trinajstić information content (AvgIpc) is 2.93. The third-order valence-corrected chi connectivity index (χ3v) is 4.01. The lowest BCUT2D eigenvalue weighted by molar-refractivity contribution is -0.120. The molecule has 22 heavy (non-hydrogen) atoms. The van der Waals surface area contributed by atoms with Crippen molar-refractivity contribution in [2.75, 3.05) is 24.7 Å². The first kappa shape index (κ1) is 16.6. The largest absolute Gasteiger partial charge is 0.493 e. The van der Waals surface area contributed by atoms with Crippen LogP contribution in [0.15, 0.2) is 6.07 Å². The van der Waals surface area contributed by atoms with Crippen molar-refractivity contribution in [2.45, 2.75) is 26.2 Å². The first-order valence-electron chi connectivity index (χ1n) is 7.17. The number of fused-ring (bicyclic) bond motifs is 3. The van der Waals surface area contributed by atoms with Gasteiger partial charge in [-0.3, -0.25) is 14.5 Å². The summed E-state index contributed by atoms with van der Waals surface area (Å²) in [6.07, 6.45) is 2.05. The van der Waals surface area contributed by atoms with Gasteiger partial charge < -0.3 is 15.8 Å². The molecule has 3 rings (SSSR count). The summed E-state index contributed by atoms with van der Waals surface area (Å²) in [5.74, 6) is 0.670. The Labute approximate surface area is 135 Å². The maximum absolute atomic E-state index is 12.2. The van der Waals surface area contributed by atoms with Gasteiger partial charge in [-0.05, 0) is 24.5 Å². The minimum atomic E-state index is -0.273. The normalized spacial score (nSPS) is 15.5. The average molecular weight is 326 g/mol. The molecule has 0 unspecified atom stereocenters. The highest BCUT2D eigenvalue weighted by atomic mass is 35.5. The number of halogens is 1. The number of nitrogens with zero attached hydrogens (tertiary/aromatic N) is 1. The van der Waals surface area contributed by atoms with Gasteiger partial charge in [-0.15, -0.1) is 12.4 Å². The molecule has 0 fully saturated rings. The van der Waals surface area contributed by atoms with Gasteiger partial charge in [-0.2, -0.15) is 0 Å². The molecule has 0 atom stereocenters. The summed E-state index contributed by atoms with van der Waals surface area (Å²) in [5.41, 5.74) is 9.51. The van der Waals surface area contributed by atoms with E-state index in [0.29, 0.717) is 19.4 Å². The van der Waals surface area contributed by atoms with Crippen molar-refractivity contribution in [1.29, 1.82) is 0 Å². The number of anilines is 1. The summed E-state index contributed by atoms with van der Waals surface area (Å²) >= 11 is 0. The predicted octanol–water partition coefficient (Wildman–Crippen LogP) is 0.663. The maximum Gasteiger partial charge on any atom is 0.235 e. The number of rotatable bonds is 3. The molecule has 7 heteroatoms. The van der Waals surface area contributed by atoms with E-state index in [1.165, 1.54) is 5.56 Å². The molecule has 0 bridgehead atoms. The zero-order valence-electron chi connectivity index (χ0n) is 12.5. The van der Waals surface area contributed by atoms with Gasteiger partial charge in [-0.1, -0.05) is 6.07 Å². The lowest BCUT2D eigenvalue weighted by Crippen LogP contribution is -2.45. The number of amides is 2. The summed E-state index contributed by atoms with van der Waals surface area (Å²) in [7, 11) is 0. The van der Waals surface area contributed by atoms with Crippen molar-refractivity contribution in [1.82, 2.24) is 5.32 Å². The molecule has 2 aliphatic heterocycles. The van der Waals surface area contributed by atoms with Crippen LogP contribution in [0.4, 0.5) is 5.69 Å². The number of carbonyl (C=O) groups excluding carboxylic acids is 2. The number of hydrogen-bond acceptors (Lipinski definition) is 4. The first-order valence-corrected chi connectivity index (χ1v) is 7.17. The maximum atomic E-state index is 12.2. The lowest BCUT2D eigenvalue weighted by Gasteiger charge is -2.32. The van der Waals surface area contributed by atoms with E-state index in [1.54, 1.807) is 4.90 Å². The van der Waals surface area contributed by atoms with Gasteiger partial charge in [0.15, 0.2) is 0 Å². The third kappa shape index (κ3) is 2.76. The van der Waals surface area contributed by atoms with E-state index in [0.717, 1.165) is 29.0 Å². The fourth-order valence-corrected chi connectivity index (χ4v) is 3.07. The van der Waals surface area contributed by atoms with Gasteiger partial charge in [0.25, 0.3) is 0 Å². The number of carbonyl (C=O) groups is 2. The van der Waals surface area contributed by atoms with E-state index in [-0.39, 0.29) is 37.4 Å². The second kappa shape index (κ2) is 6.54. The minimum absolute atomic E-state index is 0. The zero-order valence-corrected chi connectivity index (χ0v) is 13.3. The van der Waals surface area contributed by atoms with Gasteiger partial charge in [-0.25, -0.2) is 0 Å². The van der Waals surface area contributed by atoms with Crippen molar-refractivity contribution in [2.24, 2.45) is 5.73 Å². The van der Waals surface area contributed by atoms with Crippen molar-refractivity contribution in [3.05, 3.63) is 22.8 Å². The summed E-state index contributed by atoms with van der Waals surface area (Å²) < 4.78 is 5.74. The SMILES string of the molecule is Cc1cc2c(c3c1N(CNC(=O)CN)C(=O)CC3)OCC2.Cl. The molecular weight excluding hydrogens is 306 g/mol. The number of benzene rings is 1. The summed E-state index contributed by atoms with van der Waals surface area (Å²) in [6, 6.07) is 2.08. The lowest BCUT2D eigenvalue weighted by atomic mass is 9.94. The third-order valence-electron chi connectivity index (χ3n) is 4.01. The number of aryl methyl sites for hydroxylation is 1. The van der Waals surface area contributed by atoms with Gasteiger partial charge in [0.2, 0.25) is 11.8 Å². The summed E-state index contributed by atoms with van der Waals surface area (Å²) in [6.45, 7) is 2.76. The number of nitrogens with two attached hydrogens (primary N) is 1. The Morgan fingerprint density at radius 1 is 1.41 bits per heavy atom. The molecule has 1 aromatic carbocycles. The number of hydrogen-bond donors (Lipinski definition) is 2. The summed E-state index contributed by atoms with van der Waals surface area (Å²) in [4.78, 5) is 25.2.